The van der Waals surface area contributed by atoms with Crippen LogP contribution in [0.25, 0.3) is 0 Å². The second-order valence-corrected chi connectivity index (χ2v) is 7.90. The first-order valence-electron chi connectivity index (χ1n) is 10.5. The molecule has 1 heterocycles. The van der Waals surface area contributed by atoms with Gasteiger partial charge in [-0.3, -0.25) is 14.4 Å². The SMILES string of the molecule is CC(C)[C@H](NC(=O)c1c(F)cccc1F)C(=O)Nc1ccc(NC(=O)C(C)n2cncn2)cc1. The summed E-state index contributed by atoms with van der Waals surface area (Å²) in [6, 6.07) is 7.80. The molecule has 2 atom stereocenters. The van der Waals surface area contributed by atoms with E-state index in [4.69, 9.17) is 0 Å². The number of amides is 3. The molecule has 3 rings (SSSR count). The topological polar surface area (TPSA) is 118 Å². The van der Waals surface area contributed by atoms with Crippen LogP contribution in [0.1, 0.15) is 37.2 Å². The number of hydrogen-bond acceptors (Lipinski definition) is 5. The summed E-state index contributed by atoms with van der Waals surface area (Å²) in [4.78, 5) is 41.4. The Morgan fingerprint density at radius 3 is 1.94 bits per heavy atom. The van der Waals surface area contributed by atoms with Gasteiger partial charge in [-0.1, -0.05) is 19.9 Å². The van der Waals surface area contributed by atoms with Gasteiger partial charge in [0.1, 0.15) is 41.9 Å². The van der Waals surface area contributed by atoms with Crippen molar-refractivity contribution in [3.05, 3.63) is 72.3 Å². The standard InChI is InChI=1S/C23H24F2N6O3/c1-13(2)20(30-22(33)19-17(24)5-4-6-18(19)25)23(34)29-16-9-7-15(8-10-16)28-21(32)14(3)31-12-26-11-27-31/h4-14,20H,1-3H3,(H,28,32)(H,29,34)(H,30,33)/t14?,20-/m0/s1. The lowest BCUT2D eigenvalue weighted by molar-refractivity contribution is -0.119. The molecule has 3 N–H and O–H groups in total. The Labute approximate surface area is 194 Å². The highest BCUT2D eigenvalue weighted by Crippen LogP contribution is 2.17. The van der Waals surface area contributed by atoms with E-state index in [0.29, 0.717) is 11.4 Å². The van der Waals surface area contributed by atoms with Crippen molar-refractivity contribution in [2.75, 3.05) is 10.6 Å². The van der Waals surface area contributed by atoms with Gasteiger partial charge in [0.05, 0.1) is 0 Å². The van der Waals surface area contributed by atoms with E-state index in [0.717, 1.165) is 18.2 Å². The van der Waals surface area contributed by atoms with Crippen LogP contribution in [0.15, 0.2) is 55.1 Å². The van der Waals surface area contributed by atoms with Gasteiger partial charge in [-0.25, -0.2) is 18.4 Å². The van der Waals surface area contributed by atoms with Crippen LogP contribution in [0.2, 0.25) is 0 Å². The van der Waals surface area contributed by atoms with E-state index >= 15 is 0 Å². The molecule has 0 spiro atoms. The molecule has 1 aromatic heterocycles. The number of anilines is 2. The van der Waals surface area contributed by atoms with Crippen LogP contribution >= 0.6 is 0 Å². The summed E-state index contributed by atoms with van der Waals surface area (Å²) in [5.74, 6) is -4.28. The van der Waals surface area contributed by atoms with Crippen molar-refractivity contribution >= 4 is 29.1 Å². The number of rotatable bonds is 8. The Balaban J connectivity index is 1.63. The Morgan fingerprint density at radius 2 is 1.44 bits per heavy atom. The molecule has 34 heavy (non-hydrogen) atoms. The van der Waals surface area contributed by atoms with Crippen LogP contribution in [0, 0.1) is 17.6 Å². The lowest BCUT2D eigenvalue weighted by Crippen LogP contribution is -2.47. The second-order valence-electron chi connectivity index (χ2n) is 7.90. The molecular weight excluding hydrogens is 446 g/mol. The fraction of sp³-hybridized carbons (Fsp3) is 0.261. The molecule has 0 aliphatic carbocycles. The van der Waals surface area contributed by atoms with Gasteiger partial charge >= 0.3 is 0 Å². The number of carbonyl (C=O) groups excluding carboxylic acids is 3. The van der Waals surface area contributed by atoms with Gasteiger partial charge in [0, 0.05) is 11.4 Å². The molecule has 3 aromatic rings. The molecule has 0 saturated heterocycles. The third-order valence-electron chi connectivity index (χ3n) is 5.06. The number of hydrogen-bond donors (Lipinski definition) is 3. The molecule has 0 aliphatic heterocycles. The van der Waals surface area contributed by atoms with E-state index in [2.05, 4.69) is 26.0 Å². The maximum absolute atomic E-state index is 13.9. The van der Waals surface area contributed by atoms with E-state index < -0.39 is 41.1 Å². The summed E-state index contributed by atoms with van der Waals surface area (Å²) in [7, 11) is 0. The van der Waals surface area contributed by atoms with Gasteiger partial charge in [-0.05, 0) is 49.2 Å². The summed E-state index contributed by atoms with van der Waals surface area (Å²) >= 11 is 0. The van der Waals surface area contributed by atoms with E-state index in [1.54, 1.807) is 45.0 Å². The van der Waals surface area contributed by atoms with E-state index in [9.17, 15) is 23.2 Å². The highest BCUT2D eigenvalue weighted by Gasteiger charge is 2.27. The minimum atomic E-state index is -1.05. The zero-order chi connectivity index (χ0) is 24.8. The molecule has 9 nitrogen and oxygen atoms in total. The number of halogens is 2. The monoisotopic (exact) mass is 470 g/mol. The zero-order valence-corrected chi connectivity index (χ0v) is 18.8. The molecule has 0 saturated carbocycles. The Hall–Kier alpha value is -4.15. The Kier molecular flexibility index (Phi) is 7.67. The predicted molar refractivity (Wildman–Crippen MR) is 121 cm³/mol. The zero-order valence-electron chi connectivity index (χ0n) is 18.8. The third kappa shape index (κ3) is 5.80. The number of carbonyl (C=O) groups is 3. The summed E-state index contributed by atoms with van der Waals surface area (Å²) in [5.41, 5.74) is 0.157. The van der Waals surface area contributed by atoms with Gasteiger partial charge in [0.15, 0.2) is 0 Å². The van der Waals surface area contributed by atoms with Crippen LogP contribution in [0.5, 0.6) is 0 Å². The third-order valence-corrected chi connectivity index (χ3v) is 5.06. The number of nitrogens with zero attached hydrogens (tertiary/aromatic N) is 3. The van der Waals surface area contributed by atoms with Crippen molar-refractivity contribution in [2.45, 2.75) is 32.9 Å². The van der Waals surface area contributed by atoms with Crippen molar-refractivity contribution in [1.82, 2.24) is 20.1 Å². The molecule has 3 amide bonds. The summed E-state index contributed by atoms with van der Waals surface area (Å²) in [6.45, 7) is 5.06. The molecule has 0 aliphatic rings. The predicted octanol–water partition coefficient (Wildman–Crippen LogP) is 3.15. The van der Waals surface area contributed by atoms with E-state index in [1.807, 2.05) is 0 Å². The van der Waals surface area contributed by atoms with Crippen LogP contribution in [0.3, 0.4) is 0 Å². The van der Waals surface area contributed by atoms with Crippen molar-refractivity contribution < 1.29 is 23.2 Å². The summed E-state index contributed by atoms with van der Waals surface area (Å²) in [5, 5.41) is 11.7. The smallest absolute Gasteiger partial charge is 0.257 e. The molecule has 178 valence electrons. The quantitative estimate of drug-likeness (QED) is 0.468. The van der Waals surface area contributed by atoms with Gasteiger partial charge in [0.2, 0.25) is 11.8 Å². The largest absolute Gasteiger partial charge is 0.340 e. The molecule has 0 radical (unpaired) electrons. The van der Waals surface area contributed by atoms with Gasteiger partial charge < -0.3 is 16.0 Å². The van der Waals surface area contributed by atoms with Crippen LogP contribution in [0.4, 0.5) is 20.2 Å². The Morgan fingerprint density at radius 1 is 0.882 bits per heavy atom. The lowest BCUT2D eigenvalue weighted by Gasteiger charge is -2.22. The van der Waals surface area contributed by atoms with Crippen molar-refractivity contribution in [1.29, 1.82) is 0 Å². The van der Waals surface area contributed by atoms with Gasteiger partial charge in [0.25, 0.3) is 5.91 Å². The van der Waals surface area contributed by atoms with Crippen LogP contribution in [-0.2, 0) is 9.59 Å². The van der Waals surface area contributed by atoms with Crippen molar-refractivity contribution in [3.63, 3.8) is 0 Å². The molecule has 1 unspecified atom stereocenters. The highest BCUT2D eigenvalue weighted by atomic mass is 19.1. The first kappa shape index (κ1) is 24.5. The maximum Gasteiger partial charge on any atom is 0.257 e. The molecule has 0 bridgehead atoms. The summed E-state index contributed by atoms with van der Waals surface area (Å²) in [6.07, 6.45) is 2.77. The van der Waals surface area contributed by atoms with Crippen LogP contribution < -0.4 is 16.0 Å². The van der Waals surface area contributed by atoms with Crippen molar-refractivity contribution in [2.24, 2.45) is 5.92 Å². The molecular formula is C23H24F2N6O3. The fourth-order valence-corrected chi connectivity index (χ4v) is 3.10. The first-order valence-corrected chi connectivity index (χ1v) is 10.5. The van der Waals surface area contributed by atoms with Gasteiger partial charge in [-0.15, -0.1) is 0 Å². The van der Waals surface area contributed by atoms with Crippen LogP contribution in [-0.4, -0.2) is 38.5 Å². The molecule has 0 fully saturated rings. The normalized spacial score (nSPS) is 12.6. The average Bonchev–Trinajstić information content (AvgIpc) is 3.32. The van der Waals surface area contributed by atoms with Crippen molar-refractivity contribution in [3.8, 4) is 0 Å². The minimum Gasteiger partial charge on any atom is -0.340 e. The lowest BCUT2D eigenvalue weighted by atomic mass is 10.0. The minimum absolute atomic E-state index is 0.301. The first-order chi connectivity index (χ1) is 16.2. The van der Waals surface area contributed by atoms with E-state index in [1.165, 1.54) is 17.3 Å². The number of nitrogens with one attached hydrogen (secondary N) is 3. The number of aromatic nitrogens is 3. The fourth-order valence-electron chi connectivity index (χ4n) is 3.10. The second kappa shape index (κ2) is 10.6. The number of benzene rings is 2. The Bertz CT molecular complexity index is 1150. The van der Waals surface area contributed by atoms with E-state index in [-0.39, 0.29) is 11.8 Å². The van der Waals surface area contributed by atoms with Gasteiger partial charge in [-0.2, -0.15) is 5.10 Å². The maximum atomic E-state index is 13.9. The highest BCUT2D eigenvalue weighted by molar-refractivity contribution is 6.01. The molecule has 11 heteroatoms. The summed E-state index contributed by atoms with van der Waals surface area (Å²) < 4.78 is 29.3. The average molecular weight is 470 g/mol. The molecule has 2 aromatic carbocycles.